The van der Waals surface area contributed by atoms with Gasteiger partial charge in [-0.15, -0.1) is 0 Å². The van der Waals surface area contributed by atoms with Crippen molar-refractivity contribution in [2.75, 3.05) is 20.8 Å². The van der Waals surface area contributed by atoms with Gasteiger partial charge in [0.05, 0.1) is 25.2 Å². The maximum Gasteiger partial charge on any atom is 0.243 e. The number of methoxy groups -OCH3 is 2. The highest BCUT2D eigenvalue weighted by Crippen LogP contribution is 2.41. The van der Waals surface area contributed by atoms with Gasteiger partial charge in [0, 0.05) is 18.2 Å². The van der Waals surface area contributed by atoms with E-state index in [4.69, 9.17) is 9.47 Å². The molecule has 6 heteroatoms. The summed E-state index contributed by atoms with van der Waals surface area (Å²) in [7, 11) is -0.379. The average Bonchev–Trinajstić information content (AvgIpc) is 3.13. The van der Waals surface area contributed by atoms with Crippen LogP contribution in [0.1, 0.15) is 35.6 Å². The van der Waals surface area contributed by atoms with Crippen LogP contribution in [0, 0.1) is 13.8 Å². The highest BCUT2D eigenvalue weighted by Gasteiger charge is 2.37. The molecule has 0 spiro atoms. The fraction of sp³-hybridized carbons (Fsp3) is 0.400. The zero-order valence-corrected chi connectivity index (χ0v) is 16.5. The first kappa shape index (κ1) is 18.7. The summed E-state index contributed by atoms with van der Waals surface area (Å²) < 4.78 is 38.9. The SMILES string of the molecule is COc1ccc([C@H]2CCCN2S(=O)(=O)c2ccc(C)c(C)c2)c(OC)c1. The lowest BCUT2D eigenvalue weighted by molar-refractivity contribution is 0.361. The second-order valence-corrected chi connectivity index (χ2v) is 8.52. The first-order valence-electron chi connectivity index (χ1n) is 8.69. The van der Waals surface area contributed by atoms with Crippen LogP contribution in [-0.4, -0.2) is 33.5 Å². The van der Waals surface area contributed by atoms with Crippen molar-refractivity contribution in [3.8, 4) is 11.5 Å². The maximum atomic E-state index is 13.3. The number of nitrogens with zero attached hydrogens (tertiary/aromatic N) is 1. The number of aryl methyl sites for hydroxylation is 2. The minimum atomic E-state index is -3.57. The molecule has 140 valence electrons. The number of sulfonamides is 1. The Morgan fingerprint density at radius 2 is 1.77 bits per heavy atom. The van der Waals surface area contributed by atoms with Crippen molar-refractivity contribution in [3.63, 3.8) is 0 Å². The van der Waals surface area contributed by atoms with Gasteiger partial charge in [-0.25, -0.2) is 8.42 Å². The van der Waals surface area contributed by atoms with E-state index in [1.54, 1.807) is 36.7 Å². The van der Waals surface area contributed by atoms with E-state index in [0.717, 1.165) is 29.5 Å². The smallest absolute Gasteiger partial charge is 0.243 e. The van der Waals surface area contributed by atoms with E-state index in [2.05, 4.69) is 0 Å². The Morgan fingerprint density at radius 1 is 1.00 bits per heavy atom. The van der Waals surface area contributed by atoms with Crippen molar-refractivity contribution in [1.29, 1.82) is 0 Å². The molecule has 1 heterocycles. The van der Waals surface area contributed by atoms with Gasteiger partial charge in [0.25, 0.3) is 0 Å². The van der Waals surface area contributed by atoms with Crippen molar-refractivity contribution >= 4 is 10.0 Å². The molecule has 1 fully saturated rings. The summed E-state index contributed by atoms with van der Waals surface area (Å²) in [4.78, 5) is 0.347. The molecule has 0 N–H and O–H groups in total. The Labute approximate surface area is 155 Å². The molecule has 0 unspecified atom stereocenters. The molecular formula is C20H25NO4S. The van der Waals surface area contributed by atoms with Gasteiger partial charge >= 0.3 is 0 Å². The van der Waals surface area contributed by atoms with Crippen LogP contribution in [0.15, 0.2) is 41.3 Å². The van der Waals surface area contributed by atoms with Crippen molar-refractivity contribution in [3.05, 3.63) is 53.1 Å². The molecule has 0 saturated carbocycles. The normalized spacial score (nSPS) is 18.1. The topological polar surface area (TPSA) is 55.8 Å². The monoisotopic (exact) mass is 375 g/mol. The largest absolute Gasteiger partial charge is 0.497 e. The first-order chi connectivity index (χ1) is 12.4. The summed E-state index contributed by atoms with van der Waals surface area (Å²) in [5.74, 6) is 1.34. The molecule has 1 aliphatic heterocycles. The van der Waals surface area contributed by atoms with Crippen LogP contribution in [0.4, 0.5) is 0 Å². The Balaban J connectivity index is 2.01. The van der Waals surface area contributed by atoms with E-state index in [1.165, 1.54) is 0 Å². The molecule has 3 rings (SSSR count). The van der Waals surface area contributed by atoms with Gasteiger partial charge in [-0.1, -0.05) is 12.1 Å². The standard InChI is InChI=1S/C20H25NO4S/c1-14-7-9-17(12-15(14)2)26(22,23)21-11-5-6-19(21)18-10-8-16(24-3)13-20(18)25-4/h7-10,12-13,19H,5-6,11H2,1-4H3/t19-/m1/s1. The van der Waals surface area contributed by atoms with Crippen LogP contribution in [-0.2, 0) is 10.0 Å². The van der Waals surface area contributed by atoms with Gasteiger partial charge in [-0.2, -0.15) is 4.31 Å². The lowest BCUT2D eigenvalue weighted by Gasteiger charge is -2.26. The molecule has 1 saturated heterocycles. The van der Waals surface area contributed by atoms with Crippen LogP contribution in [0.2, 0.25) is 0 Å². The van der Waals surface area contributed by atoms with E-state index in [9.17, 15) is 8.42 Å². The molecule has 0 aliphatic carbocycles. The van der Waals surface area contributed by atoms with Gasteiger partial charge in [0.2, 0.25) is 10.0 Å². The molecule has 0 aromatic heterocycles. The van der Waals surface area contributed by atoms with Gasteiger partial charge in [-0.3, -0.25) is 0 Å². The molecule has 2 aromatic carbocycles. The van der Waals surface area contributed by atoms with Crippen molar-refractivity contribution in [1.82, 2.24) is 4.31 Å². The summed E-state index contributed by atoms with van der Waals surface area (Å²) in [5.41, 5.74) is 2.93. The summed E-state index contributed by atoms with van der Waals surface area (Å²) in [5, 5.41) is 0. The van der Waals surface area contributed by atoms with Crippen LogP contribution >= 0.6 is 0 Å². The zero-order valence-electron chi connectivity index (χ0n) is 15.7. The molecule has 26 heavy (non-hydrogen) atoms. The maximum absolute atomic E-state index is 13.3. The quantitative estimate of drug-likeness (QED) is 0.797. The van der Waals surface area contributed by atoms with Crippen LogP contribution in [0.25, 0.3) is 0 Å². The molecule has 2 aromatic rings. The lowest BCUT2D eigenvalue weighted by Crippen LogP contribution is -2.31. The van der Waals surface area contributed by atoms with Gasteiger partial charge < -0.3 is 9.47 Å². The highest BCUT2D eigenvalue weighted by molar-refractivity contribution is 7.89. The second kappa shape index (κ2) is 7.29. The van der Waals surface area contributed by atoms with E-state index < -0.39 is 10.0 Å². The number of hydrogen-bond acceptors (Lipinski definition) is 4. The van der Waals surface area contributed by atoms with E-state index >= 15 is 0 Å². The Bertz CT molecular complexity index is 908. The van der Waals surface area contributed by atoms with Gasteiger partial charge in [0.1, 0.15) is 11.5 Å². The Kier molecular flexibility index (Phi) is 5.25. The van der Waals surface area contributed by atoms with E-state index in [-0.39, 0.29) is 6.04 Å². The molecule has 0 amide bonds. The van der Waals surface area contributed by atoms with Crippen molar-refractivity contribution in [2.45, 2.75) is 37.6 Å². The van der Waals surface area contributed by atoms with Gasteiger partial charge in [-0.05, 0) is 56.0 Å². The third kappa shape index (κ3) is 3.31. The predicted molar refractivity (Wildman–Crippen MR) is 101 cm³/mol. The van der Waals surface area contributed by atoms with Gasteiger partial charge in [0.15, 0.2) is 0 Å². The second-order valence-electron chi connectivity index (χ2n) is 6.63. The summed E-state index contributed by atoms with van der Waals surface area (Å²) >= 11 is 0. The Hall–Kier alpha value is -2.05. The highest BCUT2D eigenvalue weighted by atomic mass is 32.2. The lowest BCUT2D eigenvalue weighted by atomic mass is 10.0. The summed E-state index contributed by atoms with van der Waals surface area (Å²) in [6.07, 6.45) is 1.59. The first-order valence-corrected chi connectivity index (χ1v) is 10.1. The van der Waals surface area contributed by atoms with Crippen molar-refractivity contribution < 1.29 is 17.9 Å². The van der Waals surface area contributed by atoms with E-state index in [1.807, 2.05) is 32.0 Å². The number of ether oxygens (including phenoxy) is 2. The van der Waals surface area contributed by atoms with Crippen LogP contribution < -0.4 is 9.47 Å². The van der Waals surface area contributed by atoms with Crippen molar-refractivity contribution in [2.24, 2.45) is 0 Å². The minimum Gasteiger partial charge on any atom is -0.497 e. The molecular weight excluding hydrogens is 350 g/mol. The summed E-state index contributed by atoms with van der Waals surface area (Å²) in [6.45, 7) is 4.42. The van der Waals surface area contributed by atoms with E-state index in [0.29, 0.717) is 22.9 Å². The third-order valence-corrected chi connectivity index (χ3v) is 6.99. The average molecular weight is 375 g/mol. The van der Waals surface area contributed by atoms with Crippen LogP contribution in [0.3, 0.4) is 0 Å². The Morgan fingerprint density at radius 3 is 2.42 bits per heavy atom. The summed E-state index contributed by atoms with van der Waals surface area (Å²) in [6, 6.07) is 10.6. The molecule has 5 nitrogen and oxygen atoms in total. The molecule has 1 aliphatic rings. The molecule has 1 atom stereocenters. The number of rotatable bonds is 5. The minimum absolute atomic E-state index is 0.234. The fourth-order valence-corrected chi connectivity index (χ4v) is 5.20. The zero-order chi connectivity index (χ0) is 18.9. The molecule has 0 bridgehead atoms. The number of hydrogen-bond donors (Lipinski definition) is 0. The predicted octanol–water partition coefficient (Wildman–Crippen LogP) is 3.85. The van der Waals surface area contributed by atoms with Crippen LogP contribution in [0.5, 0.6) is 11.5 Å². The third-order valence-electron chi connectivity index (χ3n) is 5.09. The fourth-order valence-electron chi connectivity index (χ4n) is 3.44. The number of benzene rings is 2. The molecule has 0 radical (unpaired) electrons.